The molecule has 0 unspecified atom stereocenters. The summed E-state index contributed by atoms with van der Waals surface area (Å²) in [5.41, 5.74) is 1.40. The topological polar surface area (TPSA) is 65.5 Å². The molecule has 1 fully saturated rings. The molecular formula is C19H22FN3O2. The Hall–Kier alpha value is -2.31. The van der Waals surface area contributed by atoms with Gasteiger partial charge >= 0.3 is 0 Å². The van der Waals surface area contributed by atoms with Gasteiger partial charge in [-0.25, -0.2) is 4.39 Å². The van der Waals surface area contributed by atoms with E-state index in [1.54, 1.807) is 0 Å². The summed E-state index contributed by atoms with van der Waals surface area (Å²) < 4.78 is 13.3. The maximum atomic E-state index is 13.3. The summed E-state index contributed by atoms with van der Waals surface area (Å²) in [5.74, 6) is -0.907. The predicted molar refractivity (Wildman–Crippen MR) is 92.4 cm³/mol. The highest BCUT2D eigenvalue weighted by Gasteiger charge is 2.30. The molecule has 0 aliphatic carbocycles. The molecule has 6 heteroatoms. The molecule has 1 aliphatic heterocycles. The van der Waals surface area contributed by atoms with E-state index in [1.165, 1.54) is 17.8 Å². The summed E-state index contributed by atoms with van der Waals surface area (Å²) in [6, 6.07) is 11.1. The fourth-order valence-electron chi connectivity index (χ4n) is 3.22. The molecule has 1 aromatic heterocycles. The van der Waals surface area contributed by atoms with Crippen LogP contribution in [0.1, 0.15) is 22.3 Å². The zero-order chi connectivity index (χ0) is 17.6. The molecule has 2 N–H and O–H groups in total. The Morgan fingerprint density at radius 3 is 2.84 bits per heavy atom. The number of hydrogen-bond acceptors (Lipinski definition) is 4. The Morgan fingerprint density at radius 1 is 1.32 bits per heavy atom. The maximum Gasteiger partial charge on any atom is 0.253 e. The van der Waals surface area contributed by atoms with Crippen molar-refractivity contribution < 1.29 is 14.3 Å². The van der Waals surface area contributed by atoms with Crippen LogP contribution in [0.25, 0.3) is 0 Å². The number of pyridine rings is 1. The second kappa shape index (κ2) is 8.18. The van der Waals surface area contributed by atoms with E-state index in [0.29, 0.717) is 6.54 Å². The average Bonchev–Trinajstić information content (AvgIpc) is 2.63. The first-order valence-electron chi connectivity index (χ1n) is 8.44. The Bertz CT molecular complexity index is 711. The van der Waals surface area contributed by atoms with Gasteiger partial charge in [0.15, 0.2) is 0 Å². The number of nitrogens with one attached hydrogen (secondary N) is 1. The van der Waals surface area contributed by atoms with Gasteiger partial charge in [0.25, 0.3) is 5.91 Å². The number of likely N-dealkylation sites (tertiary alicyclic amines) is 1. The van der Waals surface area contributed by atoms with E-state index in [1.807, 2.05) is 18.2 Å². The molecule has 1 aromatic carbocycles. The summed E-state index contributed by atoms with van der Waals surface area (Å²) in [6.45, 7) is 2.33. The minimum Gasteiger partial charge on any atom is -0.396 e. The van der Waals surface area contributed by atoms with Crippen molar-refractivity contribution in [2.24, 2.45) is 5.92 Å². The third-order valence-corrected chi connectivity index (χ3v) is 4.61. The van der Waals surface area contributed by atoms with Crippen molar-refractivity contribution in [2.45, 2.75) is 19.0 Å². The van der Waals surface area contributed by atoms with Crippen molar-refractivity contribution in [2.75, 3.05) is 19.7 Å². The van der Waals surface area contributed by atoms with Crippen molar-refractivity contribution >= 4 is 5.91 Å². The van der Waals surface area contributed by atoms with E-state index >= 15 is 0 Å². The number of carbonyl (C=O) groups is 1. The summed E-state index contributed by atoms with van der Waals surface area (Å²) >= 11 is 0. The lowest BCUT2D eigenvalue weighted by Gasteiger charge is -2.38. The molecule has 5 nitrogen and oxygen atoms in total. The molecule has 0 saturated carbocycles. The highest BCUT2D eigenvalue weighted by molar-refractivity contribution is 5.94. The number of rotatable bonds is 5. The first-order chi connectivity index (χ1) is 12.2. The van der Waals surface area contributed by atoms with E-state index in [-0.39, 0.29) is 30.0 Å². The van der Waals surface area contributed by atoms with Crippen molar-refractivity contribution in [1.29, 1.82) is 0 Å². The molecule has 1 aliphatic rings. The SMILES string of the molecule is O=C(N[C@@H]1CN(Cc2ccccc2)CC[C@H]1CO)c1cncc(F)c1. The number of aliphatic hydroxyl groups is 1. The van der Waals surface area contributed by atoms with Gasteiger partial charge in [0.1, 0.15) is 5.82 Å². The van der Waals surface area contributed by atoms with Crippen molar-refractivity contribution in [1.82, 2.24) is 15.2 Å². The molecule has 0 radical (unpaired) electrons. The summed E-state index contributed by atoms with van der Waals surface area (Å²) in [6.07, 6.45) is 3.21. The highest BCUT2D eigenvalue weighted by Crippen LogP contribution is 2.20. The Morgan fingerprint density at radius 2 is 2.12 bits per heavy atom. The van der Waals surface area contributed by atoms with E-state index < -0.39 is 5.82 Å². The van der Waals surface area contributed by atoms with Crippen LogP contribution in [0.15, 0.2) is 48.8 Å². The number of hydrogen-bond donors (Lipinski definition) is 2. The van der Waals surface area contributed by atoms with Crippen LogP contribution in [0.5, 0.6) is 0 Å². The van der Waals surface area contributed by atoms with Crippen molar-refractivity contribution in [3.8, 4) is 0 Å². The minimum atomic E-state index is -0.541. The van der Waals surface area contributed by atoms with Crippen LogP contribution in [0, 0.1) is 11.7 Å². The smallest absolute Gasteiger partial charge is 0.253 e. The van der Waals surface area contributed by atoms with Crippen LogP contribution in [0.2, 0.25) is 0 Å². The lowest BCUT2D eigenvalue weighted by molar-refractivity contribution is 0.0730. The third kappa shape index (κ3) is 4.61. The summed E-state index contributed by atoms with van der Waals surface area (Å²) in [5, 5.41) is 12.6. The van der Waals surface area contributed by atoms with Crippen LogP contribution < -0.4 is 5.32 Å². The third-order valence-electron chi connectivity index (χ3n) is 4.61. The van der Waals surface area contributed by atoms with E-state index in [9.17, 15) is 14.3 Å². The van der Waals surface area contributed by atoms with Gasteiger partial charge in [-0.2, -0.15) is 0 Å². The first-order valence-corrected chi connectivity index (χ1v) is 8.44. The molecule has 3 rings (SSSR count). The second-order valence-electron chi connectivity index (χ2n) is 6.42. The normalized spacial score (nSPS) is 21.0. The van der Waals surface area contributed by atoms with Gasteiger partial charge < -0.3 is 10.4 Å². The van der Waals surface area contributed by atoms with Gasteiger partial charge in [0.05, 0.1) is 11.8 Å². The van der Waals surface area contributed by atoms with Crippen LogP contribution in [0.3, 0.4) is 0 Å². The Balaban J connectivity index is 1.65. The lowest BCUT2D eigenvalue weighted by Crippen LogP contribution is -2.53. The van der Waals surface area contributed by atoms with Gasteiger partial charge in [0, 0.05) is 37.9 Å². The number of carbonyl (C=O) groups excluding carboxylic acids is 1. The standard InChI is InChI=1S/C19H22FN3O2/c20-17-8-16(9-21-10-17)19(25)22-18-12-23(7-6-15(18)13-24)11-14-4-2-1-3-5-14/h1-5,8-10,15,18,24H,6-7,11-13H2,(H,22,25)/t15-,18+/m0/s1. The lowest BCUT2D eigenvalue weighted by atomic mass is 9.91. The molecule has 132 valence electrons. The fourth-order valence-corrected chi connectivity index (χ4v) is 3.22. The Kier molecular flexibility index (Phi) is 5.73. The molecular weight excluding hydrogens is 321 g/mol. The molecule has 2 heterocycles. The van der Waals surface area contributed by atoms with Gasteiger partial charge in [-0.1, -0.05) is 30.3 Å². The van der Waals surface area contributed by atoms with E-state index in [4.69, 9.17) is 0 Å². The van der Waals surface area contributed by atoms with Gasteiger partial charge in [-0.05, 0) is 24.6 Å². The van der Waals surface area contributed by atoms with Crippen LogP contribution >= 0.6 is 0 Å². The molecule has 1 amide bonds. The number of nitrogens with zero attached hydrogens (tertiary/aromatic N) is 2. The van der Waals surface area contributed by atoms with Crippen molar-refractivity contribution in [3.63, 3.8) is 0 Å². The van der Waals surface area contributed by atoms with Crippen LogP contribution in [-0.2, 0) is 6.54 Å². The number of halogens is 1. The number of piperidine rings is 1. The predicted octanol–water partition coefficient (Wildman–Crippen LogP) is 1.83. The number of amides is 1. The molecule has 1 saturated heterocycles. The van der Waals surface area contributed by atoms with E-state index in [2.05, 4.69) is 27.3 Å². The maximum absolute atomic E-state index is 13.3. The van der Waals surface area contributed by atoms with E-state index in [0.717, 1.165) is 25.7 Å². The quantitative estimate of drug-likeness (QED) is 0.869. The highest BCUT2D eigenvalue weighted by atomic mass is 19.1. The molecule has 0 spiro atoms. The molecule has 25 heavy (non-hydrogen) atoms. The van der Waals surface area contributed by atoms with Gasteiger partial charge in [-0.3, -0.25) is 14.7 Å². The zero-order valence-electron chi connectivity index (χ0n) is 13.9. The summed E-state index contributed by atoms with van der Waals surface area (Å²) in [7, 11) is 0. The molecule has 2 aromatic rings. The number of aliphatic hydroxyl groups excluding tert-OH is 1. The van der Waals surface area contributed by atoms with Crippen molar-refractivity contribution in [3.05, 3.63) is 65.7 Å². The van der Waals surface area contributed by atoms with Crippen LogP contribution in [0.4, 0.5) is 4.39 Å². The molecule has 0 bridgehead atoms. The summed E-state index contributed by atoms with van der Waals surface area (Å²) in [4.78, 5) is 18.3. The first kappa shape index (κ1) is 17.5. The van der Waals surface area contributed by atoms with Crippen LogP contribution in [-0.4, -0.2) is 46.6 Å². The van der Waals surface area contributed by atoms with Gasteiger partial charge in [-0.15, -0.1) is 0 Å². The largest absolute Gasteiger partial charge is 0.396 e. The monoisotopic (exact) mass is 343 g/mol. The number of benzene rings is 1. The zero-order valence-corrected chi connectivity index (χ0v) is 13.9. The second-order valence-corrected chi connectivity index (χ2v) is 6.42. The fraction of sp³-hybridized carbons (Fsp3) is 0.368. The minimum absolute atomic E-state index is 0.00232. The Labute approximate surface area is 146 Å². The molecule has 2 atom stereocenters. The van der Waals surface area contributed by atoms with Gasteiger partial charge in [0.2, 0.25) is 0 Å². The average molecular weight is 343 g/mol. The number of aromatic nitrogens is 1.